The number of hydrogen-bond acceptors (Lipinski definition) is 5. The van der Waals surface area contributed by atoms with E-state index in [-0.39, 0.29) is 0 Å². The summed E-state index contributed by atoms with van der Waals surface area (Å²) in [5.74, 6) is 1.47. The molecule has 1 aromatic carbocycles. The number of aromatic nitrogens is 1. The van der Waals surface area contributed by atoms with E-state index in [1.807, 2.05) is 25.1 Å². The first-order valence-electron chi connectivity index (χ1n) is 7.29. The lowest BCUT2D eigenvalue weighted by Crippen LogP contribution is -2.05. The third-order valence-electron chi connectivity index (χ3n) is 3.01. The van der Waals surface area contributed by atoms with E-state index >= 15 is 0 Å². The number of hydrogen-bond donors (Lipinski definition) is 1. The number of nitrogens with zero attached hydrogens (tertiary/aromatic N) is 1. The minimum Gasteiger partial charge on any atom is -0.490 e. The normalized spacial score (nSPS) is 10.6. The number of benzene rings is 1. The average Bonchev–Trinajstić information content (AvgIpc) is 2.94. The summed E-state index contributed by atoms with van der Waals surface area (Å²) < 4.78 is 11.5. The number of rotatable bonds is 8. The molecule has 0 spiro atoms. The molecule has 2 aromatic rings. The van der Waals surface area contributed by atoms with Crippen LogP contribution >= 0.6 is 11.3 Å². The molecule has 0 fully saturated rings. The largest absolute Gasteiger partial charge is 0.490 e. The molecule has 0 unspecified atom stereocenters. The molecule has 0 saturated carbocycles. The second-order valence-corrected chi connectivity index (χ2v) is 5.60. The molecule has 0 atom stereocenters. The highest BCUT2D eigenvalue weighted by Crippen LogP contribution is 2.32. The van der Waals surface area contributed by atoms with Gasteiger partial charge in [-0.1, -0.05) is 19.1 Å². The summed E-state index contributed by atoms with van der Waals surface area (Å²) in [6.07, 6.45) is 2.13. The van der Waals surface area contributed by atoms with Crippen LogP contribution in [0.1, 0.15) is 36.5 Å². The SMILES string of the molecule is CCCc1nc(COc2c(CN)cccc2OCC)cs1. The first-order chi connectivity index (χ1) is 10.3. The third-order valence-corrected chi connectivity index (χ3v) is 3.97. The molecule has 1 aromatic heterocycles. The van der Waals surface area contributed by atoms with Gasteiger partial charge in [0.15, 0.2) is 11.5 Å². The summed E-state index contributed by atoms with van der Waals surface area (Å²) in [5, 5.41) is 3.21. The van der Waals surface area contributed by atoms with Gasteiger partial charge in [0, 0.05) is 17.5 Å². The highest BCUT2D eigenvalue weighted by atomic mass is 32.1. The van der Waals surface area contributed by atoms with E-state index in [1.54, 1.807) is 11.3 Å². The fourth-order valence-corrected chi connectivity index (χ4v) is 2.93. The highest BCUT2D eigenvalue weighted by molar-refractivity contribution is 7.09. The Morgan fingerprint density at radius 3 is 2.81 bits per heavy atom. The minimum absolute atomic E-state index is 0.425. The van der Waals surface area contributed by atoms with Gasteiger partial charge in [-0.25, -0.2) is 4.98 Å². The summed E-state index contributed by atoms with van der Waals surface area (Å²) in [7, 11) is 0. The second kappa shape index (κ2) is 8.00. The zero-order valence-corrected chi connectivity index (χ0v) is 13.4. The van der Waals surface area contributed by atoms with E-state index in [0.717, 1.165) is 40.6 Å². The molecule has 0 aliphatic rings. The number of thiazole rings is 1. The predicted molar refractivity (Wildman–Crippen MR) is 85.9 cm³/mol. The topological polar surface area (TPSA) is 57.4 Å². The van der Waals surface area contributed by atoms with Crippen molar-refractivity contribution in [3.05, 3.63) is 39.8 Å². The monoisotopic (exact) mass is 306 g/mol. The molecule has 2 N–H and O–H groups in total. The molecular weight excluding hydrogens is 284 g/mol. The van der Waals surface area contributed by atoms with Gasteiger partial charge in [-0.15, -0.1) is 11.3 Å². The van der Waals surface area contributed by atoms with Crippen molar-refractivity contribution in [2.45, 2.75) is 39.8 Å². The predicted octanol–water partition coefficient (Wildman–Crippen LogP) is 3.53. The van der Waals surface area contributed by atoms with Crippen LogP contribution in [-0.4, -0.2) is 11.6 Å². The Kier molecular flexibility index (Phi) is 6.02. The van der Waals surface area contributed by atoms with Gasteiger partial charge < -0.3 is 15.2 Å². The van der Waals surface area contributed by atoms with Crippen molar-refractivity contribution in [2.75, 3.05) is 6.61 Å². The summed E-state index contributed by atoms with van der Waals surface area (Å²) >= 11 is 1.69. The van der Waals surface area contributed by atoms with Gasteiger partial charge in [0.05, 0.1) is 17.3 Å². The maximum Gasteiger partial charge on any atom is 0.166 e. The number of ether oxygens (including phenoxy) is 2. The lowest BCUT2D eigenvalue weighted by atomic mass is 10.2. The maximum absolute atomic E-state index is 5.93. The van der Waals surface area contributed by atoms with E-state index in [0.29, 0.717) is 19.8 Å². The van der Waals surface area contributed by atoms with Crippen molar-refractivity contribution in [1.29, 1.82) is 0 Å². The molecule has 0 radical (unpaired) electrons. The zero-order valence-electron chi connectivity index (χ0n) is 12.6. The van der Waals surface area contributed by atoms with Crippen LogP contribution in [0.15, 0.2) is 23.6 Å². The molecule has 21 heavy (non-hydrogen) atoms. The van der Waals surface area contributed by atoms with Gasteiger partial charge in [0.25, 0.3) is 0 Å². The standard InChI is InChI=1S/C16H22N2O2S/c1-3-6-15-18-13(11-21-15)10-20-16-12(9-17)7-5-8-14(16)19-4-2/h5,7-8,11H,3-4,6,9-10,17H2,1-2H3. The smallest absolute Gasteiger partial charge is 0.166 e. The number of aryl methyl sites for hydroxylation is 1. The Balaban J connectivity index is 2.10. The first kappa shape index (κ1) is 15.8. The molecule has 0 saturated heterocycles. The van der Waals surface area contributed by atoms with Crippen LogP contribution < -0.4 is 15.2 Å². The molecule has 2 rings (SSSR count). The molecule has 114 valence electrons. The molecule has 0 aliphatic carbocycles. The van der Waals surface area contributed by atoms with E-state index < -0.39 is 0 Å². The Morgan fingerprint density at radius 2 is 2.10 bits per heavy atom. The highest BCUT2D eigenvalue weighted by Gasteiger charge is 2.11. The fourth-order valence-electron chi connectivity index (χ4n) is 2.05. The van der Waals surface area contributed by atoms with E-state index in [9.17, 15) is 0 Å². The second-order valence-electron chi connectivity index (χ2n) is 4.65. The van der Waals surface area contributed by atoms with Gasteiger partial charge in [-0.2, -0.15) is 0 Å². The molecule has 0 bridgehead atoms. The molecule has 5 heteroatoms. The van der Waals surface area contributed by atoms with Crippen LogP contribution in [0.2, 0.25) is 0 Å². The van der Waals surface area contributed by atoms with Crippen LogP contribution in [0.4, 0.5) is 0 Å². The molecular formula is C16H22N2O2S. The Hall–Kier alpha value is -1.59. The maximum atomic E-state index is 5.93. The molecule has 0 aliphatic heterocycles. The molecule has 4 nitrogen and oxygen atoms in total. The van der Waals surface area contributed by atoms with Crippen molar-refractivity contribution < 1.29 is 9.47 Å². The van der Waals surface area contributed by atoms with Crippen LogP contribution in [0, 0.1) is 0 Å². The van der Waals surface area contributed by atoms with Crippen molar-refractivity contribution in [3.8, 4) is 11.5 Å². The Bertz CT molecular complexity index is 569. The van der Waals surface area contributed by atoms with Gasteiger partial charge in [0.2, 0.25) is 0 Å². The van der Waals surface area contributed by atoms with Crippen molar-refractivity contribution in [3.63, 3.8) is 0 Å². The molecule has 0 amide bonds. The van der Waals surface area contributed by atoms with E-state index in [1.165, 1.54) is 0 Å². The number of para-hydroxylation sites is 1. The van der Waals surface area contributed by atoms with Gasteiger partial charge in [-0.3, -0.25) is 0 Å². The molecule has 1 heterocycles. The van der Waals surface area contributed by atoms with Crippen LogP contribution in [-0.2, 0) is 19.6 Å². The van der Waals surface area contributed by atoms with Gasteiger partial charge in [-0.05, 0) is 25.8 Å². The van der Waals surface area contributed by atoms with Gasteiger partial charge in [0.1, 0.15) is 6.61 Å². The summed E-state index contributed by atoms with van der Waals surface area (Å²) in [6.45, 7) is 5.58. The zero-order chi connectivity index (χ0) is 15.1. The van der Waals surface area contributed by atoms with Crippen LogP contribution in [0.5, 0.6) is 11.5 Å². The number of nitrogens with two attached hydrogens (primary N) is 1. The summed E-state index contributed by atoms with van der Waals surface area (Å²) in [5.41, 5.74) is 7.68. The van der Waals surface area contributed by atoms with Crippen LogP contribution in [0.3, 0.4) is 0 Å². The Labute approximate surface area is 129 Å². The third kappa shape index (κ3) is 4.19. The minimum atomic E-state index is 0.425. The summed E-state index contributed by atoms with van der Waals surface area (Å²) in [6, 6.07) is 5.80. The van der Waals surface area contributed by atoms with Crippen LogP contribution in [0.25, 0.3) is 0 Å². The van der Waals surface area contributed by atoms with Crippen molar-refractivity contribution in [2.24, 2.45) is 5.73 Å². The quantitative estimate of drug-likeness (QED) is 0.810. The average molecular weight is 306 g/mol. The lowest BCUT2D eigenvalue weighted by Gasteiger charge is -2.14. The van der Waals surface area contributed by atoms with Crippen molar-refractivity contribution in [1.82, 2.24) is 4.98 Å². The first-order valence-corrected chi connectivity index (χ1v) is 8.17. The lowest BCUT2D eigenvalue weighted by molar-refractivity contribution is 0.264. The summed E-state index contributed by atoms with van der Waals surface area (Å²) in [4.78, 5) is 4.57. The Morgan fingerprint density at radius 1 is 1.24 bits per heavy atom. The van der Waals surface area contributed by atoms with Crippen molar-refractivity contribution >= 4 is 11.3 Å². The van der Waals surface area contributed by atoms with E-state index in [4.69, 9.17) is 15.2 Å². The van der Waals surface area contributed by atoms with Gasteiger partial charge >= 0.3 is 0 Å². The van der Waals surface area contributed by atoms with E-state index in [2.05, 4.69) is 17.3 Å². The fraction of sp³-hybridized carbons (Fsp3) is 0.438.